The Bertz CT molecular complexity index is 672. The minimum atomic E-state index is -0.0574. The van der Waals surface area contributed by atoms with Gasteiger partial charge in [0, 0.05) is 31.4 Å². The van der Waals surface area contributed by atoms with Crippen LogP contribution >= 0.6 is 0 Å². The number of hydrogen-bond acceptors (Lipinski definition) is 4. The van der Waals surface area contributed by atoms with Crippen molar-refractivity contribution in [3.8, 4) is 0 Å². The molecule has 4 nitrogen and oxygen atoms in total. The summed E-state index contributed by atoms with van der Waals surface area (Å²) < 4.78 is 5.80. The Labute approximate surface area is 150 Å². The van der Waals surface area contributed by atoms with Gasteiger partial charge in [-0.3, -0.25) is 9.78 Å². The molecule has 0 bridgehead atoms. The SMILES string of the molecule is C[C@@H]1CCC[C@]2(C)C[C@H]3OC(=O)[C@@H](CNCc4ccncc4)[C@H]3C=C12. The Hall–Kier alpha value is -1.68. The maximum Gasteiger partial charge on any atom is 0.311 e. The molecule has 0 aromatic carbocycles. The second-order valence-corrected chi connectivity index (χ2v) is 8.33. The van der Waals surface area contributed by atoms with Crippen LogP contribution in [0.4, 0.5) is 0 Å². The second kappa shape index (κ2) is 6.56. The van der Waals surface area contributed by atoms with Crippen LogP contribution in [0.2, 0.25) is 0 Å². The van der Waals surface area contributed by atoms with Crippen LogP contribution in [0.25, 0.3) is 0 Å². The standard InChI is InChI=1S/C21H28N2O2/c1-14-4-3-7-21(2)11-19-16(10-18(14)21)17(20(24)25-19)13-23-12-15-5-8-22-9-6-15/h5-6,8-10,14,16-17,19,23H,3-4,7,11-13H2,1-2H3/t14-,16-,17+,19-,21-/m1/s1. The Morgan fingerprint density at radius 2 is 2.16 bits per heavy atom. The van der Waals surface area contributed by atoms with Crippen LogP contribution in [0.5, 0.6) is 0 Å². The molecule has 25 heavy (non-hydrogen) atoms. The van der Waals surface area contributed by atoms with E-state index in [4.69, 9.17) is 4.74 Å². The molecular weight excluding hydrogens is 312 g/mol. The summed E-state index contributed by atoms with van der Waals surface area (Å²) in [5.74, 6) is 0.795. The van der Waals surface area contributed by atoms with Gasteiger partial charge in [-0.25, -0.2) is 0 Å². The number of allylic oxidation sites excluding steroid dienone is 1. The van der Waals surface area contributed by atoms with Crippen molar-refractivity contribution in [1.82, 2.24) is 10.3 Å². The molecule has 4 heteroatoms. The molecule has 1 saturated carbocycles. The van der Waals surface area contributed by atoms with Crippen molar-refractivity contribution in [3.63, 3.8) is 0 Å². The quantitative estimate of drug-likeness (QED) is 0.673. The molecule has 0 unspecified atom stereocenters. The molecule has 134 valence electrons. The Morgan fingerprint density at radius 1 is 1.36 bits per heavy atom. The minimum absolute atomic E-state index is 0.0241. The number of carbonyl (C=O) groups is 1. The molecule has 0 spiro atoms. The van der Waals surface area contributed by atoms with Gasteiger partial charge in [-0.15, -0.1) is 0 Å². The van der Waals surface area contributed by atoms with Crippen molar-refractivity contribution in [2.75, 3.05) is 6.54 Å². The molecule has 1 N–H and O–H groups in total. The van der Waals surface area contributed by atoms with E-state index in [1.54, 1.807) is 18.0 Å². The van der Waals surface area contributed by atoms with Gasteiger partial charge >= 0.3 is 5.97 Å². The van der Waals surface area contributed by atoms with Gasteiger partial charge in [0.05, 0.1) is 5.92 Å². The van der Waals surface area contributed by atoms with Gasteiger partial charge in [-0.05, 0) is 48.3 Å². The van der Waals surface area contributed by atoms with E-state index >= 15 is 0 Å². The summed E-state index contributed by atoms with van der Waals surface area (Å²) in [6.45, 7) is 6.15. The van der Waals surface area contributed by atoms with Crippen molar-refractivity contribution in [2.45, 2.75) is 52.2 Å². The number of esters is 1. The zero-order valence-corrected chi connectivity index (χ0v) is 15.2. The third-order valence-corrected chi connectivity index (χ3v) is 6.52. The number of hydrogen-bond donors (Lipinski definition) is 1. The third-order valence-electron chi connectivity index (χ3n) is 6.52. The fraction of sp³-hybridized carbons (Fsp3) is 0.619. The van der Waals surface area contributed by atoms with E-state index in [0.717, 1.165) is 13.0 Å². The van der Waals surface area contributed by atoms with E-state index in [2.05, 4.69) is 30.2 Å². The largest absolute Gasteiger partial charge is 0.461 e. The van der Waals surface area contributed by atoms with Crippen LogP contribution < -0.4 is 5.32 Å². The molecule has 1 aliphatic heterocycles. The molecule has 1 aromatic rings. The van der Waals surface area contributed by atoms with Crippen LogP contribution in [-0.4, -0.2) is 23.6 Å². The van der Waals surface area contributed by atoms with Gasteiger partial charge < -0.3 is 10.1 Å². The molecule has 0 radical (unpaired) electrons. The number of rotatable bonds is 4. The molecule has 0 amide bonds. The zero-order valence-electron chi connectivity index (χ0n) is 15.2. The Kier molecular flexibility index (Phi) is 4.40. The van der Waals surface area contributed by atoms with Gasteiger partial charge in [-0.2, -0.15) is 0 Å². The fourth-order valence-corrected chi connectivity index (χ4v) is 5.15. The molecule has 2 fully saturated rings. The van der Waals surface area contributed by atoms with Crippen LogP contribution in [0, 0.1) is 23.2 Å². The number of aromatic nitrogens is 1. The van der Waals surface area contributed by atoms with Gasteiger partial charge in [0.15, 0.2) is 0 Å². The lowest BCUT2D eigenvalue weighted by atomic mass is 9.59. The van der Waals surface area contributed by atoms with Crippen LogP contribution in [0.1, 0.15) is 45.1 Å². The van der Waals surface area contributed by atoms with E-state index in [0.29, 0.717) is 12.5 Å². The molecule has 5 atom stereocenters. The third kappa shape index (κ3) is 3.12. The first-order valence-corrected chi connectivity index (χ1v) is 9.59. The van der Waals surface area contributed by atoms with E-state index in [1.165, 1.54) is 24.8 Å². The van der Waals surface area contributed by atoms with E-state index < -0.39 is 0 Å². The summed E-state index contributed by atoms with van der Waals surface area (Å²) >= 11 is 0. The normalized spacial score (nSPS) is 37.0. The van der Waals surface area contributed by atoms with Crippen molar-refractivity contribution in [2.24, 2.45) is 23.2 Å². The van der Waals surface area contributed by atoms with Gasteiger partial charge in [0.2, 0.25) is 0 Å². The highest BCUT2D eigenvalue weighted by Crippen LogP contribution is 2.53. The number of nitrogens with one attached hydrogen (secondary N) is 1. The smallest absolute Gasteiger partial charge is 0.311 e. The highest BCUT2D eigenvalue weighted by Gasteiger charge is 2.51. The van der Waals surface area contributed by atoms with E-state index in [-0.39, 0.29) is 29.3 Å². The number of fused-ring (bicyclic) bond motifs is 2. The average Bonchev–Trinajstić information content (AvgIpc) is 2.88. The van der Waals surface area contributed by atoms with Gasteiger partial charge in [-0.1, -0.05) is 31.9 Å². The lowest BCUT2D eigenvalue weighted by Gasteiger charge is -2.46. The summed E-state index contributed by atoms with van der Waals surface area (Å²) in [5.41, 5.74) is 3.00. The van der Waals surface area contributed by atoms with Crippen molar-refractivity contribution in [3.05, 3.63) is 41.7 Å². The van der Waals surface area contributed by atoms with Gasteiger partial charge in [0.1, 0.15) is 6.10 Å². The first-order chi connectivity index (χ1) is 12.1. The summed E-state index contributed by atoms with van der Waals surface area (Å²) in [6.07, 6.45) is 10.9. The molecule has 1 aromatic heterocycles. The fourth-order valence-electron chi connectivity index (χ4n) is 5.15. The average molecular weight is 340 g/mol. The Balaban J connectivity index is 1.47. The predicted molar refractivity (Wildman–Crippen MR) is 96.6 cm³/mol. The van der Waals surface area contributed by atoms with Crippen LogP contribution in [-0.2, 0) is 16.1 Å². The van der Waals surface area contributed by atoms with Crippen molar-refractivity contribution < 1.29 is 9.53 Å². The molecule has 2 aliphatic carbocycles. The lowest BCUT2D eigenvalue weighted by Crippen LogP contribution is -2.40. The summed E-state index contributed by atoms with van der Waals surface area (Å²) in [4.78, 5) is 16.5. The number of nitrogens with zero attached hydrogens (tertiary/aromatic N) is 1. The number of carbonyl (C=O) groups excluding carboxylic acids is 1. The predicted octanol–water partition coefficient (Wildman–Crippen LogP) is 3.49. The number of pyridine rings is 1. The molecule has 1 saturated heterocycles. The van der Waals surface area contributed by atoms with Crippen LogP contribution in [0.3, 0.4) is 0 Å². The molecular formula is C21H28N2O2. The highest BCUT2D eigenvalue weighted by atomic mass is 16.6. The summed E-state index contributed by atoms with van der Waals surface area (Å²) in [5, 5.41) is 3.44. The Morgan fingerprint density at radius 3 is 2.96 bits per heavy atom. The van der Waals surface area contributed by atoms with Gasteiger partial charge in [0.25, 0.3) is 0 Å². The summed E-state index contributed by atoms with van der Waals surface area (Å²) in [7, 11) is 0. The lowest BCUT2D eigenvalue weighted by molar-refractivity contribution is -0.145. The number of ether oxygens (including phenoxy) is 1. The molecule has 4 rings (SSSR count). The maximum atomic E-state index is 12.5. The minimum Gasteiger partial charge on any atom is -0.461 e. The first kappa shape index (κ1) is 16.8. The monoisotopic (exact) mass is 340 g/mol. The topological polar surface area (TPSA) is 51.2 Å². The van der Waals surface area contributed by atoms with E-state index in [9.17, 15) is 4.79 Å². The second-order valence-electron chi connectivity index (χ2n) is 8.33. The maximum absolute atomic E-state index is 12.5. The van der Waals surface area contributed by atoms with Crippen LogP contribution in [0.15, 0.2) is 36.2 Å². The zero-order chi connectivity index (χ0) is 17.4. The first-order valence-electron chi connectivity index (χ1n) is 9.59. The van der Waals surface area contributed by atoms with Crippen molar-refractivity contribution in [1.29, 1.82) is 0 Å². The summed E-state index contributed by atoms with van der Waals surface area (Å²) in [6, 6.07) is 4.00. The van der Waals surface area contributed by atoms with Crippen molar-refractivity contribution >= 4 is 5.97 Å². The highest BCUT2D eigenvalue weighted by molar-refractivity contribution is 5.76. The molecule has 2 heterocycles. The van der Waals surface area contributed by atoms with E-state index in [1.807, 2.05) is 12.1 Å². The molecule has 3 aliphatic rings.